The van der Waals surface area contributed by atoms with E-state index in [4.69, 9.17) is 10.2 Å². The Hall–Kier alpha value is -0.340. The molecule has 2 N–H and O–H groups in total. The minimum atomic E-state index is -0.319. The number of allylic oxidation sites excluding steroid dienone is 1. The molecule has 0 heterocycles. The van der Waals surface area contributed by atoms with Gasteiger partial charge >= 0.3 is 0 Å². The van der Waals surface area contributed by atoms with Crippen molar-refractivity contribution in [3.8, 4) is 0 Å². The van der Waals surface area contributed by atoms with E-state index in [9.17, 15) is 0 Å². The third kappa shape index (κ3) is 1.53. The van der Waals surface area contributed by atoms with E-state index in [1.165, 1.54) is 0 Å². The molecule has 2 heteroatoms. The second kappa shape index (κ2) is 2.99. The summed E-state index contributed by atoms with van der Waals surface area (Å²) >= 11 is 0. The molecule has 0 aliphatic heterocycles. The summed E-state index contributed by atoms with van der Waals surface area (Å²) in [7, 11) is 0. The van der Waals surface area contributed by atoms with Gasteiger partial charge in [0.1, 0.15) is 0 Å². The first-order valence-corrected chi connectivity index (χ1v) is 3.28. The highest BCUT2D eigenvalue weighted by atomic mass is 16.3. The molecule has 0 saturated carbocycles. The Bertz CT molecular complexity index is 109. The lowest BCUT2D eigenvalue weighted by molar-refractivity contribution is 0.0663. The molecular weight excluding hydrogens is 116 g/mol. The molecule has 1 aliphatic carbocycles. The van der Waals surface area contributed by atoms with E-state index in [-0.39, 0.29) is 18.6 Å². The van der Waals surface area contributed by atoms with Crippen LogP contribution in [0, 0.1) is 5.92 Å². The highest BCUT2D eigenvalue weighted by molar-refractivity contribution is 4.94. The zero-order valence-electron chi connectivity index (χ0n) is 5.33. The smallest absolute Gasteiger partial charge is 0.0627 e. The highest BCUT2D eigenvalue weighted by Gasteiger charge is 2.18. The van der Waals surface area contributed by atoms with Gasteiger partial charge in [0.15, 0.2) is 0 Å². The highest BCUT2D eigenvalue weighted by Crippen LogP contribution is 2.17. The second-order valence-corrected chi connectivity index (χ2v) is 2.45. The Kier molecular flexibility index (Phi) is 2.25. The largest absolute Gasteiger partial charge is 0.396 e. The molecule has 2 atom stereocenters. The maximum Gasteiger partial charge on any atom is 0.0627 e. The molecule has 0 saturated heterocycles. The van der Waals surface area contributed by atoms with Crippen LogP contribution in [0.1, 0.15) is 12.8 Å². The van der Waals surface area contributed by atoms with Gasteiger partial charge in [-0.1, -0.05) is 12.2 Å². The van der Waals surface area contributed by atoms with Crippen LogP contribution in [-0.2, 0) is 0 Å². The van der Waals surface area contributed by atoms with Gasteiger partial charge in [-0.15, -0.1) is 0 Å². The van der Waals surface area contributed by atoms with E-state index >= 15 is 0 Å². The molecule has 0 aromatic rings. The molecule has 1 aliphatic rings. The Morgan fingerprint density at radius 2 is 2.00 bits per heavy atom. The van der Waals surface area contributed by atoms with Crippen LogP contribution in [0.5, 0.6) is 0 Å². The van der Waals surface area contributed by atoms with Gasteiger partial charge in [-0.25, -0.2) is 0 Å². The monoisotopic (exact) mass is 128 g/mol. The van der Waals surface area contributed by atoms with Crippen LogP contribution in [0.2, 0.25) is 0 Å². The minimum absolute atomic E-state index is 0.0787. The molecule has 0 fully saturated rings. The van der Waals surface area contributed by atoms with Crippen molar-refractivity contribution in [2.75, 3.05) is 6.61 Å². The second-order valence-electron chi connectivity index (χ2n) is 2.45. The summed E-state index contributed by atoms with van der Waals surface area (Å²) in [5.41, 5.74) is 0. The van der Waals surface area contributed by atoms with E-state index in [1.807, 2.05) is 12.2 Å². The normalized spacial score (nSPS) is 34.9. The third-order valence-corrected chi connectivity index (χ3v) is 1.76. The maximum absolute atomic E-state index is 9.16. The van der Waals surface area contributed by atoms with Gasteiger partial charge in [-0.2, -0.15) is 0 Å². The van der Waals surface area contributed by atoms with Gasteiger partial charge < -0.3 is 10.2 Å². The van der Waals surface area contributed by atoms with Crippen LogP contribution in [0.4, 0.5) is 0 Å². The molecule has 52 valence electrons. The van der Waals surface area contributed by atoms with Crippen LogP contribution < -0.4 is 0 Å². The predicted octanol–water partition coefficient (Wildman–Crippen LogP) is 0.306. The first-order valence-electron chi connectivity index (χ1n) is 3.28. The summed E-state index contributed by atoms with van der Waals surface area (Å²) in [5, 5.41) is 17.8. The van der Waals surface area contributed by atoms with Crippen molar-refractivity contribution < 1.29 is 10.2 Å². The summed E-state index contributed by atoms with van der Waals surface area (Å²) in [6.45, 7) is 0.103. The maximum atomic E-state index is 9.16. The zero-order valence-corrected chi connectivity index (χ0v) is 5.33. The Morgan fingerprint density at radius 1 is 1.33 bits per heavy atom. The number of rotatable bonds is 1. The Morgan fingerprint density at radius 3 is 2.44 bits per heavy atom. The van der Waals surface area contributed by atoms with Gasteiger partial charge in [-0.05, 0) is 12.8 Å². The molecule has 9 heavy (non-hydrogen) atoms. The van der Waals surface area contributed by atoms with Gasteiger partial charge in [-0.3, -0.25) is 0 Å². The lowest BCUT2D eigenvalue weighted by Gasteiger charge is -2.21. The molecule has 0 radical (unpaired) electrons. The molecule has 0 bridgehead atoms. The van der Waals surface area contributed by atoms with Crippen LogP contribution in [0.25, 0.3) is 0 Å². The summed E-state index contributed by atoms with van der Waals surface area (Å²) < 4.78 is 0. The number of aliphatic hydroxyl groups excluding tert-OH is 2. The average Bonchev–Trinajstić information content (AvgIpc) is 1.89. The van der Waals surface area contributed by atoms with Crippen molar-refractivity contribution in [3.05, 3.63) is 12.2 Å². The molecular formula is C7H12O2. The van der Waals surface area contributed by atoms with Crippen LogP contribution in [-0.4, -0.2) is 22.9 Å². The van der Waals surface area contributed by atoms with Gasteiger partial charge in [0.2, 0.25) is 0 Å². The molecule has 0 spiro atoms. The minimum Gasteiger partial charge on any atom is -0.396 e. The molecule has 2 nitrogen and oxygen atoms in total. The van der Waals surface area contributed by atoms with Gasteiger partial charge in [0, 0.05) is 12.5 Å². The molecule has 0 amide bonds. The first-order chi connectivity index (χ1) is 4.34. The summed E-state index contributed by atoms with van der Waals surface area (Å²) in [5.74, 6) is 0.0787. The van der Waals surface area contributed by atoms with E-state index in [2.05, 4.69) is 0 Å². The van der Waals surface area contributed by atoms with E-state index in [1.54, 1.807) is 0 Å². The summed E-state index contributed by atoms with van der Waals surface area (Å²) in [6.07, 6.45) is 5.16. The van der Waals surface area contributed by atoms with Crippen molar-refractivity contribution in [3.63, 3.8) is 0 Å². The lowest BCUT2D eigenvalue weighted by atomic mass is 9.92. The Labute approximate surface area is 54.8 Å². The van der Waals surface area contributed by atoms with Crippen LogP contribution in [0.15, 0.2) is 12.2 Å². The summed E-state index contributed by atoms with van der Waals surface area (Å²) in [4.78, 5) is 0. The number of hydrogen-bond donors (Lipinski definition) is 2. The fourth-order valence-corrected chi connectivity index (χ4v) is 1.05. The van der Waals surface area contributed by atoms with E-state index in [0.29, 0.717) is 6.42 Å². The standard InChI is InChI=1S/C7H12O2/c8-5-6-3-1-2-4-7(6)9/h1-2,6-9H,3-5H2. The molecule has 0 aromatic heterocycles. The fourth-order valence-electron chi connectivity index (χ4n) is 1.05. The van der Waals surface area contributed by atoms with E-state index in [0.717, 1.165) is 6.42 Å². The summed E-state index contributed by atoms with van der Waals surface area (Å²) in [6, 6.07) is 0. The van der Waals surface area contributed by atoms with E-state index < -0.39 is 0 Å². The Balaban J connectivity index is 2.43. The van der Waals surface area contributed by atoms with Crippen molar-refractivity contribution in [1.29, 1.82) is 0 Å². The number of hydrogen-bond acceptors (Lipinski definition) is 2. The zero-order chi connectivity index (χ0) is 6.69. The molecule has 2 unspecified atom stereocenters. The van der Waals surface area contributed by atoms with Crippen molar-refractivity contribution in [2.24, 2.45) is 5.92 Å². The van der Waals surface area contributed by atoms with Gasteiger partial charge in [0.25, 0.3) is 0 Å². The van der Waals surface area contributed by atoms with Crippen molar-refractivity contribution in [1.82, 2.24) is 0 Å². The SMILES string of the molecule is OCC1CC=CCC1O. The van der Waals surface area contributed by atoms with Crippen molar-refractivity contribution >= 4 is 0 Å². The quantitative estimate of drug-likeness (QED) is 0.499. The lowest BCUT2D eigenvalue weighted by Crippen LogP contribution is -2.24. The predicted molar refractivity (Wildman–Crippen MR) is 35.0 cm³/mol. The van der Waals surface area contributed by atoms with Gasteiger partial charge in [0.05, 0.1) is 6.10 Å². The van der Waals surface area contributed by atoms with Crippen LogP contribution >= 0.6 is 0 Å². The third-order valence-electron chi connectivity index (χ3n) is 1.76. The molecule has 0 aromatic carbocycles. The fraction of sp³-hybridized carbons (Fsp3) is 0.714. The molecule has 1 rings (SSSR count). The van der Waals surface area contributed by atoms with Crippen LogP contribution in [0.3, 0.4) is 0 Å². The topological polar surface area (TPSA) is 40.5 Å². The first kappa shape index (κ1) is 6.78. The van der Waals surface area contributed by atoms with Crippen molar-refractivity contribution in [2.45, 2.75) is 18.9 Å². The average molecular weight is 128 g/mol. The number of aliphatic hydroxyl groups is 2.